The molecule has 6 nitrogen and oxygen atoms in total. The number of hydrogen-bond donors (Lipinski definition) is 2. The predicted molar refractivity (Wildman–Crippen MR) is 166 cm³/mol. The van der Waals surface area contributed by atoms with Crippen molar-refractivity contribution in [1.82, 2.24) is 4.90 Å². The van der Waals surface area contributed by atoms with Crippen LogP contribution in [0.5, 0.6) is 0 Å². The number of unbranched alkanes of at least 4 members (excludes halogenated alkanes) is 2. The Morgan fingerprint density at radius 1 is 0.850 bits per heavy atom. The van der Waals surface area contributed by atoms with Gasteiger partial charge in [0.1, 0.15) is 0 Å². The maximum absolute atomic E-state index is 13.7. The zero-order valence-electron chi connectivity index (χ0n) is 25.3. The van der Waals surface area contributed by atoms with Gasteiger partial charge in [-0.1, -0.05) is 55.7 Å². The third-order valence-corrected chi connectivity index (χ3v) is 9.27. The number of nitrogens with zero attached hydrogens (tertiary/aromatic N) is 2. The number of rotatable bonds is 12. The van der Waals surface area contributed by atoms with E-state index in [1.54, 1.807) is 0 Å². The summed E-state index contributed by atoms with van der Waals surface area (Å²) in [7, 11) is 0. The molecule has 2 saturated heterocycles. The highest BCUT2D eigenvalue weighted by Gasteiger charge is 2.45. The summed E-state index contributed by atoms with van der Waals surface area (Å²) in [5.41, 5.74) is 5.30. The smallest absolute Gasteiger partial charge is 0.282 e. The summed E-state index contributed by atoms with van der Waals surface area (Å²) in [6.07, 6.45) is 9.72. The molecule has 2 heterocycles. The lowest BCUT2D eigenvalue weighted by Gasteiger charge is -2.40. The number of amides is 2. The summed E-state index contributed by atoms with van der Waals surface area (Å²) >= 11 is 0. The highest BCUT2D eigenvalue weighted by atomic mass is 16.2. The van der Waals surface area contributed by atoms with E-state index in [-0.39, 0.29) is 23.9 Å². The molecule has 2 aliphatic rings. The number of carbonyl (C=O) groups excluding carboxylic acids is 2. The van der Waals surface area contributed by atoms with Gasteiger partial charge in [-0.25, -0.2) is 0 Å². The van der Waals surface area contributed by atoms with Gasteiger partial charge >= 0.3 is 0 Å². The van der Waals surface area contributed by atoms with Crippen molar-refractivity contribution in [2.75, 3.05) is 43.4 Å². The van der Waals surface area contributed by atoms with Gasteiger partial charge in [-0.3, -0.25) is 14.5 Å². The SMILES string of the molecule is CCCC[N+]1(CCCCN2CCCCC2C(=O)Nc2ccc(C)cc2)CCCC1C(=O)Nc1c(C)cccc1C. The summed E-state index contributed by atoms with van der Waals surface area (Å²) in [5.74, 6) is 0.313. The first kappa shape index (κ1) is 30.3. The van der Waals surface area contributed by atoms with Crippen LogP contribution in [0.2, 0.25) is 0 Å². The molecule has 2 aromatic carbocycles. The molecule has 3 unspecified atom stereocenters. The molecule has 0 aliphatic carbocycles. The third kappa shape index (κ3) is 7.52. The number of nitrogens with one attached hydrogen (secondary N) is 2. The van der Waals surface area contributed by atoms with Gasteiger partial charge in [0.15, 0.2) is 6.04 Å². The van der Waals surface area contributed by atoms with E-state index >= 15 is 0 Å². The second-order valence-corrected chi connectivity index (χ2v) is 12.3. The van der Waals surface area contributed by atoms with Crippen LogP contribution in [0.3, 0.4) is 0 Å². The summed E-state index contributed by atoms with van der Waals surface area (Å²) in [4.78, 5) is 29.3. The van der Waals surface area contributed by atoms with E-state index in [4.69, 9.17) is 0 Å². The van der Waals surface area contributed by atoms with Crippen molar-refractivity contribution in [3.05, 3.63) is 59.2 Å². The molecule has 2 aromatic rings. The van der Waals surface area contributed by atoms with Crippen molar-refractivity contribution < 1.29 is 14.1 Å². The van der Waals surface area contributed by atoms with E-state index in [1.165, 1.54) is 5.56 Å². The first-order valence-corrected chi connectivity index (χ1v) is 15.7. The third-order valence-electron chi connectivity index (χ3n) is 9.27. The second kappa shape index (κ2) is 14.3. The lowest BCUT2D eigenvalue weighted by Crippen LogP contribution is -2.57. The topological polar surface area (TPSA) is 61.4 Å². The molecule has 2 fully saturated rings. The fourth-order valence-electron chi connectivity index (χ4n) is 6.91. The van der Waals surface area contributed by atoms with E-state index in [0.717, 1.165) is 117 Å². The average Bonchev–Trinajstić information content (AvgIpc) is 3.37. The number of para-hydroxylation sites is 1. The van der Waals surface area contributed by atoms with Crippen LogP contribution in [0.4, 0.5) is 11.4 Å². The molecule has 6 heteroatoms. The Morgan fingerprint density at radius 2 is 1.57 bits per heavy atom. The Labute approximate surface area is 242 Å². The monoisotopic (exact) mass is 547 g/mol. The van der Waals surface area contributed by atoms with E-state index in [2.05, 4.69) is 61.4 Å². The lowest BCUT2D eigenvalue weighted by atomic mass is 10.0. The van der Waals surface area contributed by atoms with Gasteiger partial charge in [0.2, 0.25) is 5.91 Å². The van der Waals surface area contributed by atoms with Crippen molar-refractivity contribution in [2.24, 2.45) is 0 Å². The molecule has 218 valence electrons. The van der Waals surface area contributed by atoms with Crippen LogP contribution in [0.15, 0.2) is 42.5 Å². The van der Waals surface area contributed by atoms with Gasteiger partial charge in [0, 0.05) is 24.2 Å². The molecule has 0 saturated carbocycles. The number of piperidine rings is 1. The zero-order chi connectivity index (χ0) is 28.5. The van der Waals surface area contributed by atoms with Crippen LogP contribution in [0.1, 0.15) is 81.4 Å². The highest BCUT2D eigenvalue weighted by Crippen LogP contribution is 2.31. The number of anilines is 2. The number of likely N-dealkylation sites (tertiary alicyclic amines) is 2. The molecule has 2 amide bonds. The Hall–Kier alpha value is -2.70. The largest absolute Gasteiger partial charge is 0.325 e. The molecule has 3 atom stereocenters. The van der Waals surface area contributed by atoms with Gasteiger partial charge in [0.05, 0.1) is 25.7 Å². The first-order valence-electron chi connectivity index (χ1n) is 15.7. The second-order valence-electron chi connectivity index (χ2n) is 12.3. The van der Waals surface area contributed by atoms with Crippen LogP contribution in [-0.2, 0) is 9.59 Å². The molecule has 0 aromatic heterocycles. The summed E-state index contributed by atoms with van der Waals surface area (Å²) in [6.45, 7) is 13.6. The molecule has 4 rings (SSSR count). The normalized spacial score (nSPS) is 23.2. The molecule has 2 aliphatic heterocycles. The van der Waals surface area contributed by atoms with Gasteiger partial charge in [-0.2, -0.15) is 0 Å². The average molecular weight is 548 g/mol. The van der Waals surface area contributed by atoms with Gasteiger partial charge in [-0.05, 0) is 89.2 Å². The van der Waals surface area contributed by atoms with E-state index in [0.29, 0.717) is 0 Å². The van der Waals surface area contributed by atoms with E-state index in [9.17, 15) is 9.59 Å². The molecular weight excluding hydrogens is 496 g/mol. The lowest BCUT2D eigenvalue weighted by molar-refractivity contribution is -0.931. The standard InChI is InChI=1S/C34H50N4O2/c1-5-6-23-38(25-12-16-31(38)34(40)36-32-27(3)13-11-14-28(32)4)24-10-9-22-37-21-8-7-15-30(37)33(39)35-29-19-17-26(2)18-20-29/h11,13-14,17-20,30-31H,5-10,12,15-16,21-25H2,1-4H3,(H-,35,36,39,40)/p+1. The number of benzene rings is 2. The summed E-state index contributed by atoms with van der Waals surface area (Å²) in [6, 6.07) is 14.2. The van der Waals surface area contributed by atoms with Crippen LogP contribution < -0.4 is 10.6 Å². The van der Waals surface area contributed by atoms with Crippen molar-refractivity contribution in [3.8, 4) is 0 Å². The van der Waals surface area contributed by atoms with Gasteiger partial charge < -0.3 is 15.1 Å². The molecular formula is C34H51N4O2+. The highest BCUT2D eigenvalue weighted by molar-refractivity contribution is 5.96. The Kier molecular flexibility index (Phi) is 10.8. The maximum atomic E-state index is 13.7. The quantitative estimate of drug-likeness (QED) is 0.232. The zero-order valence-corrected chi connectivity index (χ0v) is 25.3. The minimum atomic E-state index is -0.0547. The van der Waals surface area contributed by atoms with Crippen molar-refractivity contribution in [3.63, 3.8) is 0 Å². The number of aryl methyl sites for hydroxylation is 3. The van der Waals surface area contributed by atoms with Crippen LogP contribution in [-0.4, -0.2) is 66.0 Å². The molecule has 0 bridgehead atoms. The Balaban J connectivity index is 1.35. The first-order chi connectivity index (χ1) is 19.3. The maximum Gasteiger partial charge on any atom is 0.282 e. The number of carbonyl (C=O) groups is 2. The van der Waals surface area contributed by atoms with Crippen molar-refractivity contribution in [1.29, 1.82) is 0 Å². The minimum Gasteiger partial charge on any atom is -0.325 e. The fraction of sp³-hybridized carbons (Fsp3) is 0.588. The van der Waals surface area contributed by atoms with Crippen molar-refractivity contribution in [2.45, 2.75) is 97.6 Å². The molecule has 2 N–H and O–H groups in total. The Morgan fingerprint density at radius 3 is 2.30 bits per heavy atom. The fourth-order valence-corrected chi connectivity index (χ4v) is 6.91. The molecule has 0 spiro atoms. The van der Waals surface area contributed by atoms with Crippen LogP contribution >= 0.6 is 0 Å². The summed E-state index contributed by atoms with van der Waals surface area (Å²) < 4.78 is 0.919. The van der Waals surface area contributed by atoms with Crippen LogP contribution in [0.25, 0.3) is 0 Å². The van der Waals surface area contributed by atoms with Gasteiger partial charge in [0.25, 0.3) is 5.91 Å². The number of quaternary nitrogens is 1. The predicted octanol–water partition coefficient (Wildman–Crippen LogP) is 6.60. The minimum absolute atomic E-state index is 0.0218. The molecule has 40 heavy (non-hydrogen) atoms. The Bertz CT molecular complexity index is 1110. The van der Waals surface area contributed by atoms with E-state index < -0.39 is 0 Å². The van der Waals surface area contributed by atoms with Crippen LogP contribution in [0, 0.1) is 20.8 Å². The molecule has 0 radical (unpaired) electrons. The van der Waals surface area contributed by atoms with Crippen molar-refractivity contribution >= 4 is 23.2 Å². The van der Waals surface area contributed by atoms with Gasteiger partial charge in [-0.15, -0.1) is 0 Å². The summed E-state index contributed by atoms with van der Waals surface area (Å²) in [5, 5.41) is 6.48. The van der Waals surface area contributed by atoms with E-state index in [1.807, 2.05) is 24.3 Å². The number of hydrogen-bond acceptors (Lipinski definition) is 3.